The van der Waals surface area contributed by atoms with Crippen molar-refractivity contribution < 1.29 is 4.74 Å². The summed E-state index contributed by atoms with van der Waals surface area (Å²) >= 11 is 0. The molecule has 5 heteroatoms. The molecule has 2 heterocycles. The van der Waals surface area contributed by atoms with Crippen molar-refractivity contribution in [3.05, 3.63) is 18.3 Å². The van der Waals surface area contributed by atoms with E-state index in [1.54, 1.807) is 0 Å². The predicted octanol–water partition coefficient (Wildman–Crippen LogP) is 1.33. The van der Waals surface area contributed by atoms with Gasteiger partial charge in [-0.2, -0.15) is 0 Å². The Labute approximate surface area is 115 Å². The fourth-order valence-corrected chi connectivity index (χ4v) is 2.39. The molecule has 19 heavy (non-hydrogen) atoms. The molecule has 106 valence electrons. The third kappa shape index (κ3) is 4.08. The summed E-state index contributed by atoms with van der Waals surface area (Å²) in [5, 5.41) is 7.02. The van der Waals surface area contributed by atoms with Crippen LogP contribution in [0.4, 0.5) is 11.5 Å². The molecule has 0 aliphatic carbocycles. The Morgan fingerprint density at radius 3 is 3.11 bits per heavy atom. The van der Waals surface area contributed by atoms with Crippen LogP contribution in [0, 0.1) is 0 Å². The number of hydrogen-bond acceptors (Lipinski definition) is 5. The summed E-state index contributed by atoms with van der Waals surface area (Å²) in [5.74, 6) is 0.974. The minimum Gasteiger partial charge on any atom is -0.380 e. The van der Waals surface area contributed by atoms with E-state index < -0.39 is 0 Å². The molecule has 2 atom stereocenters. The molecule has 0 bridgehead atoms. The highest BCUT2D eigenvalue weighted by Crippen LogP contribution is 2.22. The maximum Gasteiger partial charge on any atom is 0.151 e. The van der Waals surface area contributed by atoms with Crippen LogP contribution in [0.25, 0.3) is 0 Å². The van der Waals surface area contributed by atoms with Crippen LogP contribution < -0.4 is 15.5 Å². The Morgan fingerprint density at radius 1 is 1.58 bits per heavy atom. The highest BCUT2D eigenvalue weighted by Gasteiger charge is 2.17. The van der Waals surface area contributed by atoms with Gasteiger partial charge >= 0.3 is 0 Å². The lowest BCUT2D eigenvalue weighted by Crippen LogP contribution is -2.43. The molecule has 2 rings (SSSR count). The molecule has 1 aliphatic heterocycles. The fraction of sp³-hybridized carbons (Fsp3) is 0.643. The maximum absolute atomic E-state index is 5.48. The first-order valence-electron chi connectivity index (χ1n) is 6.87. The molecule has 0 saturated carbocycles. The summed E-state index contributed by atoms with van der Waals surface area (Å²) in [6.07, 6.45) is 2.86. The zero-order valence-corrected chi connectivity index (χ0v) is 12.0. The second kappa shape index (κ2) is 6.73. The number of anilines is 2. The average molecular weight is 264 g/mol. The number of ether oxygens (including phenoxy) is 1. The van der Waals surface area contributed by atoms with Gasteiger partial charge < -0.3 is 20.3 Å². The third-order valence-electron chi connectivity index (χ3n) is 3.25. The van der Waals surface area contributed by atoms with Crippen molar-refractivity contribution in [2.24, 2.45) is 0 Å². The monoisotopic (exact) mass is 264 g/mol. The predicted molar refractivity (Wildman–Crippen MR) is 78.9 cm³/mol. The van der Waals surface area contributed by atoms with Crippen molar-refractivity contribution in [1.82, 2.24) is 10.3 Å². The van der Waals surface area contributed by atoms with Gasteiger partial charge in [0, 0.05) is 38.9 Å². The Bertz CT molecular complexity index is 391. The summed E-state index contributed by atoms with van der Waals surface area (Å²) in [7, 11) is 4.02. The van der Waals surface area contributed by atoms with Crippen molar-refractivity contribution in [3.8, 4) is 0 Å². The number of aromatic nitrogens is 1. The van der Waals surface area contributed by atoms with Gasteiger partial charge in [-0.25, -0.2) is 4.98 Å². The molecule has 1 aromatic rings. The van der Waals surface area contributed by atoms with Crippen molar-refractivity contribution in [3.63, 3.8) is 0 Å². The van der Waals surface area contributed by atoms with Crippen molar-refractivity contribution in [2.75, 3.05) is 44.1 Å². The summed E-state index contributed by atoms with van der Waals surface area (Å²) in [5.41, 5.74) is 1.08. The van der Waals surface area contributed by atoms with Crippen LogP contribution in [0.5, 0.6) is 0 Å². The van der Waals surface area contributed by atoms with E-state index in [9.17, 15) is 0 Å². The Balaban J connectivity index is 1.92. The molecule has 1 aliphatic rings. The molecule has 0 aromatic carbocycles. The van der Waals surface area contributed by atoms with Gasteiger partial charge in [-0.05, 0) is 25.5 Å². The largest absolute Gasteiger partial charge is 0.380 e. The molecule has 2 N–H and O–H groups in total. The highest BCUT2D eigenvalue weighted by atomic mass is 16.5. The minimum atomic E-state index is 0.377. The molecule has 1 aromatic heterocycles. The Hall–Kier alpha value is -1.33. The summed E-state index contributed by atoms with van der Waals surface area (Å²) in [6.45, 7) is 4.78. The minimum absolute atomic E-state index is 0.377. The second-order valence-electron chi connectivity index (χ2n) is 5.28. The van der Waals surface area contributed by atoms with E-state index in [0.717, 1.165) is 37.7 Å². The van der Waals surface area contributed by atoms with Crippen LogP contribution in [-0.2, 0) is 4.74 Å². The van der Waals surface area contributed by atoms with Gasteiger partial charge in [0.25, 0.3) is 0 Å². The van der Waals surface area contributed by atoms with Gasteiger partial charge in [0.2, 0.25) is 0 Å². The zero-order valence-electron chi connectivity index (χ0n) is 12.0. The molecule has 0 radical (unpaired) electrons. The van der Waals surface area contributed by atoms with Gasteiger partial charge in [0.05, 0.1) is 18.9 Å². The lowest BCUT2D eigenvalue weighted by atomic mass is 10.1. The van der Waals surface area contributed by atoms with Crippen LogP contribution in [0.1, 0.15) is 13.3 Å². The van der Waals surface area contributed by atoms with E-state index in [1.807, 2.05) is 31.3 Å². The fourth-order valence-electron chi connectivity index (χ4n) is 2.39. The van der Waals surface area contributed by atoms with Crippen LogP contribution in [-0.4, -0.2) is 50.9 Å². The smallest absolute Gasteiger partial charge is 0.151 e. The second-order valence-corrected chi connectivity index (χ2v) is 5.28. The van der Waals surface area contributed by atoms with Crippen LogP contribution in [0.2, 0.25) is 0 Å². The van der Waals surface area contributed by atoms with E-state index in [0.29, 0.717) is 12.1 Å². The number of morpholine rings is 1. The number of rotatable bonds is 5. The molecular weight excluding hydrogens is 240 g/mol. The molecule has 0 amide bonds. The quantitative estimate of drug-likeness (QED) is 0.840. The first-order valence-corrected chi connectivity index (χ1v) is 6.87. The maximum atomic E-state index is 5.48. The van der Waals surface area contributed by atoms with Gasteiger partial charge in [0.1, 0.15) is 0 Å². The Kier molecular flexibility index (Phi) is 4.99. The van der Waals surface area contributed by atoms with Crippen LogP contribution in [0.3, 0.4) is 0 Å². The van der Waals surface area contributed by atoms with Gasteiger partial charge in [-0.3, -0.25) is 0 Å². The average Bonchev–Trinajstić information content (AvgIpc) is 2.40. The number of hydrogen-bond donors (Lipinski definition) is 2. The zero-order chi connectivity index (χ0) is 13.7. The molecule has 0 spiro atoms. The van der Waals surface area contributed by atoms with Crippen molar-refractivity contribution in [1.29, 1.82) is 0 Å². The van der Waals surface area contributed by atoms with Crippen molar-refractivity contribution in [2.45, 2.75) is 25.4 Å². The van der Waals surface area contributed by atoms with Gasteiger partial charge in [0.15, 0.2) is 5.82 Å². The van der Waals surface area contributed by atoms with Crippen molar-refractivity contribution >= 4 is 11.5 Å². The van der Waals surface area contributed by atoms with E-state index in [1.165, 1.54) is 0 Å². The molecule has 2 unspecified atom stereocenters. The number of nitrogens with one attached hydrogen (secondary N) is 2. The standard InChI is InChI=1S/C14H24N4O/c1-11(9-12-10-19-8-7-15-12)17-13-5-4-6-16-14(13)18(2)3/h4-6,11-12,15,17H,7-10H2,1-3H3. The molecular formula is C14H24N4O. The van der Waals surface area contributed by atoms with E-state index >= 15 is 0 Å². The van der Waals surface area contributed by atoms with E-state index in [-0.39, 0.29) is 0 Å². The van der Waals surface area contributed by atoms with Crippen LogP contribution in [0.15, 0.2) is 18.3 Å². The van der Waals surface area contributed by atoms with E-state index in [2.05, 4.69) is 28.6 Å². The molecule has 1 saturated heterocycles. The molecule has 1 fully saturated rings. The lowest BCUT2D eigenvalue weighted by Gasteiger charge is -2.28. The normalized spacial score (nSPS) is 20.9. The first-order chi connectivity index (χ1) is 9.16. The topological polar surface area (TPSA) is 49.4 Å². The SMILES string of the molecule is CC(CC1COCCN1)Nc1cccnc1N(C)C. The Morgan fingerprint density at radius 2 is 2.42 bits per heavy atom. The third-order valence-corrected chi connectivity index (χ3v) is 3.25. The van der Waals surface area contributed by atoms with Gasteiger partial charge in [-0.15, -0.1) is 0 Å². The summed E-state index contributed by atoms with van der Waals surface area (Å²) < 4.78 is 5.48. The highest BCUT2D eigenvalue weighted by molar-refractivity contribution is 5.65. The van der Waals surface area contributed by atoms with Gasteiger partial charge in [-0.1, -0.05) is 0 Å². The summed E-state index contributed by atoms with van der Waals surface area (Å²) in [4.78, 5) is 6.43. The summed E-state index contributed by atoms with van der Waals surface area (Å²) in [6, 6.07) is 4.85. The molecule has 5 nitrogen and oxygen atoms in total. The number of nitrogens with zero attached hydrogens (tertiary/aromatic N) is 2. The van der Waals surface area contributed by atoms with Crippen LogP contribution >= 0.6 is 0 Å². The van der Waals surface area contributed by atoms with E-state index in [4.69, 9.17) is 4.74 Å². The lowest BCUT2D eigenvalue weighted by molar-refractivity contribution is 0.0731. The number of pyridine rings is 1. The first kappa shape index (κ1) is 14.1.